The SMILES string of the molecule is Cc1cc(C)n2nc(C)c(C(=O)N3CC(CO)C(CN(C)CCN(C)C)C3)c2n1. The van der Waals surface area contributed by atoms with E-state index in [2.05, 4.69) is 41.0 Å². The molecule has 2 aromatic rings. The summed E-state index contributed by atoms with van der Waals surface area (Å²) in [4.78, 5) is 24.3. The molecule has 0 radical (unpaired) electrons. The molecular formula is C21H34N6O2. The highest BCUT2D eigenvalue weighted by Crippen LogP contribution is 2.27. The van der Waals surface area contributed by atoms with E-state index in [4.69, 9.17) is 0 Å². The average molecular weight is 403 g/mol. The predicted octanol–water partition coefficient (Wildman–Crippen LogP) is 0.828. The highest BCUT2D eigenvalue weighted by Gasteiger charge is 2.37. The van der Waals surface area contributed by atoms with Crippen LogP contribution in [0, 0.1) is 32.6 Å². The van der Waals surface area contributed by atoms with Gasteiger partial charge in [0.1, 0.15) is 5.56 Å². The van der Waals surface area contributed by atoms with Crippen LogP contribution in [0.2, 0.25) is 0 Å². The third-order valence-corrected chi connectivity index (χ3v) is 5.86. The van der Waals surface area contributed by atoms with Gasteiger partial charge in [-0.15, -0.1) is 0 Å². The lowest BCUT2D eigenvalue weighted by molar-refractivity contribution is 0.0780. The molecule has 1 aliphatic heterocycles. The molecule has 0 aromatic carbocycles. The molecule has 1 aliphatic rings. The minimum atomic E-state index is -0.0353. The van der Waals surface area contributed by atoms with Crippen molar-refractivity contribution in [1.82, 2.24) is 29.3 Å². The number of likely N-dealkylation sites (tertiary alicyclic amines) is 1. The number of aliphatic hydroxyl groups excluding tert-OH is 1. The van der Waals surface area contributed by atoms with Crippen molar-refractivity contribution < 1.29 is 9.90 Å². The van der Waals surface area contributed by atoms with Crippen molar-refractivity contribution in [2.24, 2.45) is 11.8 Å². The standard InChI is InChI=1S/C21H34N6O2/c1-14-9-15(2)27-20(22-14)19(16(3)23-27)21(29)26-11-17(18(12-26)13-28)10-25(6)8-7-24(4)5/h9,17-18,28H,7-8,10-13H2,1-6H3. The summed E-state index contributed by atoms with van der Waals surface area (Å²) in [5.74, 6) is 0.320. The van der Waals surface area contributed by atoms with E-state index in [1.54, 1.807) is 4.52 Å². The number of hydrogen-bond acceptors (Lipinski definition) is 6. The molecule has 2 aromatic heterocycles. The van der Waals surface area contributed by atoms with Gasteiger partial charge in [0.2, 0.25) is 0 Å². The molecule has 0 spiro atoms. The van der Waals surface area contributed by atoms with E-state index in [0.29, 0.717) is 30.0 Å². The van der Waals surface area contributed by atoms with Crippen LogP contribution >= 0.6 is 0 Å². The summed E-state index contributed by atoms with van der Waals surface area (Å²) < 4.78 is 1.75. The van der Waals surface area contributed by atoms with Crippen LogP contribution in [0.4, 0.5) is 0 Å². The van der Waals surface area contributed by atoms with Gasteiger partial charge in [-0.05, 0) is 53.9 Å². The van der Waals surface area contributed by atoms with Crippen molar-refractivity contribution in [1.29, 1.82) is 0 Å². The summed E-state index contributed by atoms with van der Waals surface area (Å²) in [5, 5.41) is 14.4. The molecule has 1 fully saturated rings. The molecule has 8 nitrogen and oxygen atoms in total. The summed E-state index contributed by atoms with van der Waals surface area (Å²) in [7, 11) is 6.24. The molecule has 1 amide bonds. The van der Waals surface area contributed by atoms with Gasteiger partial charge >= 0.3 is 0 Å². The number of aryl methyl sites for hydroxylation is 3. The Morgan fingerprint density at radius 3 is 2.52 bits per heavy atom. The molecule has 0 saturated carbocycles. The first-order valence-electron chi connectivity index (χ1n) is 10.3. The number of nitrogens with zero attached hydrogens (tertiary/aromatic N) is 6. The van der Waals surface area contributed by atoms with E-state index in [0.717, 1.165) is 31.0 Å². The van der Waals surface area contributed by atoms with Gasteiger partial charge < -0.3 is 19.8 Å². The molecule has 2 unspecified atom stereocenters. The van der Waals surface area contributed by atoms with E-state index in [9.17, 15) is 9.90 Å². The maximum atomic E-state index is 13.4. The maximum absolute atomic E-state index is 13.4. The number of aliphatic hydroxyl groups is 1. The maximum Gasteiger partial charge on any atom is 0.259 e. The number of aromatic nitrogens is 3. The van der Waals surface area contributed by atoms with E-state index in [1.165, 1.54) is 0 Å². The average Bonchev–Trinajstić information content (AvgIpc) is 3.20. The van der Waals surface area contributed by atoms with Gasteiger partial charge in [-0.25, -0.2) is 9.50 Å². The molecule has 0 aliphatic carbocycles. The molecule has 1 saturated heterocycles. The van der Waals surface area contributed by atoms with Crippen LogP contribution in [-0.2, 0) is 0 Å². The number of fused-ring (bicyclic) bond motifs is 1. The van der Waals surface area contributed by atoms with Crippen molar-refractivity contribution >= 4 is 11.6 Å². The highest BCUT2D eigenvalue weighted by molar-refractivity contribution is 6.01. The zero-order valence-corrected chi connectivity index (χ0v) is 18.5. The van der Waals surface area contributed by atoms with Crippen molar-refractivity contribution in [2.45, 2.75) is 20.8 Å². The zero-order valence-electron chi connectivity index (χ0n) is 18.5. The highest BCUT2D eigenvalue weighted by atomic mass is 16.3. The monoisotopic (exact) mass is 402 g/mol. The second kappa shape index (κ2) is 8.77. The number of rotatable bonds is 7. The molecule has 29 heavy (non-hydrogen) atoms. The fraction of sp³-hybridized carbons (Fsp3) is 0.667. The Kier molecular flexibility index (Phi) is 6.55. The van der Waals surface area contributed by atoms with Gasteiger partial charge in [-0.1, -0.05) is 0 Å². The van der Waals surface area contributed by atoms with Gasteiger partial charge in [0.05, 0.1) is 5.69 Å². The zero-order chi connectivity index (χ0) is 21.3. The lowest BCUT2D eigenvalue weighted by Gasteiger charge is -2.25. The van der Waals surface area contributed by atoms with Gasteiger partial charge in [-0.2, -0.15) is 5.10 Å². The lowest BCUT2D eigenvalue weighted by Crippen LogP contribution is -2.35. The fourth-order valence-electron chi connectivity index (χ4n) is 4.22. The summed E-state index contributed by atoms with van der Waals surface area (Å²) in [6, 6.07) is 1.96. The molecule has 0 bridgehead atoms. The van der Waals surface area contributed by atoms with Crippen LogP contribution in [0.25, 0.3) is 5.65 Å². The Labute approximate surface area is 173 Å². The summed E-state index contributed by atoms with van der Waals surface area (Å²) >= 11 is 0. The smallest absolute Gasteiger partial charge is 0.259 e. The molecule has 1 N–H and O–H groups in total. The number of hydrogen-bond donors (Lipinski definition) is 1. The van der Waals surface area contributed by atoms with Crippen molar-refractivity contribution in [3.05, 3.63) is 28.7 Å². The Hall–Kier alpha value is -2.03. The fourth-order valence-corrected chi connectivity index (χ4v) is 4.22. The lowest BCUT2D eigenvalue weighted by atomic mass is 9.96. The number of carbonyl (C=O) groups is 1. The third kappa shape index (κ3) is 4.60. The van der Waals surface area contributed by atoms with Crippen LogP contribution < -0.4 is 0 Å². The van der Waals surface area contributed by atoms with Crippen LogP contribution in [0.5, 0.6) is 0 Å². The Bertz CT molecular complexity index is 878. The first-order valence-corrected chi connectivity index (χ1v) is 10.3. The molecule has 3 rings (SSSR count). The molecule has 160 valence electrons. The summed E-state index contributed by atoms with van der Waals surface area (Å²) in [6.45, 7) is 9.91. The van der Waals surface area contributed by atoms with E-state index in [-0.39, 0.29) is 24.3 Å². The normalized spacial score (nSPS) is 19.8. The van der Waals surface area contributed by atoms with Gasteiger partial charge in [-0.3, -0.25) is 4.79 Å². The second-order valence-corrected chi connectivity index (χ2v) is 8.71. The Balaban J connectivity index is 1.78. The first-order chi connectivity index (χ1) is 13.7. The minimum absolute atomic E-state index is 0.0353. The number of likely N-dealkylation sites (N-methyl/N-ethyl adjacent to an activating group) is 2. The quantitative estimate of drug-likeness (QED) is 0.739. The van der Waals surface area contributed by atoms with Crippen molar-refractivity contribution in [3.8, 4) is 0 Å². The van der Waals surface area contributed by atoms with Gasteiger partial charge in [0, 0.05) is 56.6 Å². The van der Waals surface area contributed by atoms with Crippen LogP contribution in [0.3, 0.4) is 0 Å². The van der Waals surface area contributed by atoms with Crippen LogP contribution in [0.15, 0.2) is 6.07 Å². The predicted molar refractivity (Wildman–Crippen MR) is 113 cm³/mol. The Morgan fingerprint density at radius 1 is 1.17 bits per heavy atom. The van der Waals surface area contributed by atoms with Crippen LogP contribution in [-0.4, -0.2) is 101 Å². The number of amides is 1. The van der Waals surface area contributed by atoms with E-state index >= 15 is 0 Å². The summed E-state index contributed by atoms with van der Waals surface area (Å²) in [6.07, 6.45) is 0. The largest absolute Gasteiger partial charge is 0.396 e. The molecule has 8 heteroatoms. The molecule has 3 heterocycles. The first kappa shape index (κ1) is 21.7. The minimum Gasteiger partial charge on any atom is -0.396 e. The topological polar surface area (TPSA) is 77.2 Å². The van der Waals surface area contributed by atoms with Gasteiger partial charge in [0.25, 0.3) is 5.91 Å². The molecular weight excluding hydrogens is 368 g/mol. The van der Waals surface area contributed by atoms with Crippen molar-refractivity contribution in [3.63, 3.8) is 0 Å². The van der Waals surface area contributed by atoms with Crippen LogP contribution in [0.1, 0.15) is 27.4 Å². The summed E-state index contributed by atoms with van der Waals surface area (Å²) in [5.41, 5.74) is 3.74. The Morgan fingerprint density at radius 2 is 1.86 bits per heavy atom. The third-order valence-electron chi connectivity index (χ3n) is 5.86. The second-order valence-electron chi connectivity index (χ2n) is 8.71. The van der Waals surface area contributed by atoms with Gasteiger partial charge in [0.15, 0.2) is 5.65 Å². The number of carbonyl (C=O) groups excluding carboxylic acids is 1. The van der Waals surface area contributed by atoms with Crippen molar-refractivity contribution in [2.75, 3.05) is 60.5 Å². The van der Waals surface area contributed by atoms with E-state index < -0.39 is 0 Å². The molecule has 2 atom stereocenters. The van der Waals surface area contributed by atoms with E-state index in [1.807, 2.05) is 31.7 Å².